The molecule has 1 saturated carbocycles. The standard InChI is InChI=1S/C15H21N3O2/c1-20-14-9-11(6-7-16-14)10-18-8-2-3-13(15(18)19)17-12-4-5-12/h6-7,9,12-13,17H,2-5,8,10H2,1H3. The molecule has 0 spiro atoms. The van der Waals surface area contributed by atoms with Crippen molar-refractivity contribution in [1.82, 2.24) is 15.2 Å². The second kappa shape index (κ2) is 5.79. The number of carbonyl (C=O) groups is 1. The Hall–Kier alpha value is -1.62. The minimum absolute atomic E-state index is 0.0139. The lowest BCUT2D eigenvalue weighted by Gasteiger charge is -2.33. The van der Waals surface area contributed by atoms with E-state index in [2.05, 4.69) is 10.3 Å². The Bertz CT molecular complexity index is 488. The summed E-state index contributed by atoms with van der Waals surface area (Å²) in [6.45, 7) is 1.48. The van der Waals surface area contributed by atoms with E-state index in [1.807, 2.05) is 17.0 Å². The average Bonchev–Trinajstić information content (AvgIpc) is 3.27. The monoisotopic (exact) mass is 275 g/mol. The van der Waals surface area contributed by atoms with Gasteiger partial charge in [0.25, 0.3) is 0 Å². The predicted molar refractivity (Wildman–Crippen MR) is 75.4 cm³/mol. The third-order valence-electron chi connectivity index (χ3n) is 3.93. The molecule has 1 aliphatic heterocycles. The SMILES string of the molecule is COc1cc(CN2CCCC(NC3CC3)C2=O)ccn1. The first-order chi connectivity index (χ1) is 9.76. The van der Waals surface area contributed by atoms with Gasteiger partial charge in [-0.05, 0) is 37.3 Å². The summed E-state index contributed by atoms with van der Waals surface area (Å²) in [6.07, 6.45) is 6.18. The van der Waals surface area contributed by atoms with Gasteiger partial charge in [-0.3, -0.25) is 4.79 Å². The molecule has 1 atom stereocenters. The Balaban J connectivity index is 1.64. The summed E-state index contributed by atoms with van der Waals surface area (Å²) < 4.78 is 5.13. The van der Waals surface area contributed by atoms with Crippen molar-refractivity contribution >= 4 is 5.91 Å². The van der Waals surface area contributed by atoms with Crippen LogP contribution >= 0.6 is 0 Å². The van der Waals surface area contributed by atoms with Gasteiger partial charge in [0.1, 0.15) is 0 Å². The number of methoxy groups -OCH3 is 1. The van der Waals surface area contributed by atoms with Crippen LogP contribution < -0.4 is 10.1 Å². The Labute approximate surface area is 119 Å². The van der Waals surface area contributed by atoms with Crippen LogP contribution in [0, 0.1) is 0 Å². The third-order valence-corrected chi connectivity index (χ3v) is 3.93. The highest BCUT2D eigenvalue weighted by Crippen LogP contribution is 2.23. The van der Waals surface area contributed by atoms with Crippen LogP contribution in [0.2, 0.25) is 0 Å². The molecule has 2 fully saturated rings. The Morgan fingerprint density at radius 2 is 2.30 bits per heavy atom. The fourth-order valence-corrected chi connectivity index (χ4v) is 2.67. The maximum absolute atomic E-state index is 12.5. The van der Waals surface area contributed by atoms with Gasteiger partial charge in [0.15, 0.2) is 0 Å². The first-order valence-electron chi connectivity index (χ1n) is 7.30. The Morgan fingerprint density at radius 3 is 3.05 bits per heavy atom. The van der Waals surface area contributed by atoms with Crippen molar-refractivity contribution in [3.05, 3.63) is 23.9 Å². The number of aromatic nitrogens is 1. The summed E-state index contributed by atoms with van der Waals surface area (Å²) in [5, 5.41) is 3.45. The summed E-state index contributed by atoms with van der Waals surface area (Å²) in [4.78, 5) is 18.5. The van der Waals surface area contributed by atoms with E-state index in [0.29, 0.717) is 18.5 Å². The summed E-state index contributed by atoms with van der Waals surface area (Å²) in [7, 11) is 1.60. The molecule has 108 valence electrons. The molecule has 1 unspecified atom stereocenters. The second-order valence-corrected chi connectivity index (χ2v) is 5.60. The van der Waals surface area contributed by atoms with Crippen molar-refractivity contribution in [2.75, 3.05) is 13.7 Å². The molecule has 2 heterocycles. The molecule has 20 heavy (non-hydrogen) atoms. The van der Waals surface area contributed by atoms with Crippen LogP contribution in [0.15, 0.2) is 18.3 Å². The number of pyridine rings is 1. The van der Waals surface area contributed by atoms with Crippen LogP contribution in [0.1, 0.15) is 31.2 Å². The molecule has 1 N–H and O–H groups in total. The van der Waals surface area contributed by atoms with Gasteiger partial charge in [-0.25, -0.2) is 4.98 Å². The molecule has 1 saturated heterocycles. The van der Waals surface area contributed by atoms with E-state index in [0.717, 1.165) is 24.9 Å². The number of nitrogens with one attached hydrogen (secondary N) is 1. The Morgan fingerprint density at radius 1 is 1.45 bits per heavy atom. The first-order valence-corrected chi connectivity index (χ1v) is 7.30. The molecule has 0 radical (unpaired) electrons. The fourth-order valence-electron chi connectivity index (χ4n) is 2.67. The van der Waals surface area contributed by atoms with Gasteiger partial charge in [0.05, 0.1) is 13.2 Å². The molecule has 2 aliphatic rings. The van der Waals surface area contributed by atoms with Crippen molar-refractivity contribution < 1.29 is 9.53 Å². The second-order valence-electron chi connectivity index (χ2n) is 5.60. The van der Waals surface area contributed by atoms with Crippen molar-refractivity contribution in [2.45, 2.75) is 44.3 Å². The first kappa shape index (κ1) is 13.4. The van der Waals surface area contributed by atoms with E-state index in [9.17, 15) is 4.79 Å². The summed E-state index contributed by atoms with van der Waals surface area (Å²) in [5.41, 5.74) is 1.07. The number of nitrogens with zero attached hydrogens (tertiary/aromatic N) is 2. The van der Waals surface area contributed by atoms with Crippen LogP contribution in [0.4, 0.5) is 0 Å². The number of amides is 1. The van der Waals surface area contributed by atoms with Gasteiger partial charge in [-0.2, -0.15) is 0 Å². The molecular weight excluding hydrogens is 254 g/mol. The van der Waals surface area contributed by atoms with Crippen molar-refractivity contribution in [3.8, 4) is 5.88 Å². The van der Waals surface area contributed by atoms with E-state index in [1.54, 1.807) is 13.3 Å². The zero-order valence-electron chi connectivity index (χ0n) is 11.8. The zero-order valence-corrected chi connectivity index (χ0v) is 11.8. The minimum atomic E-state index is 0.0139. The van der Waals surface area contributed by atoms with E-state index in [4.69, 9.17) is 4.74 Å². The number of hydrogen-bond acceptors (Lipinski definition) is 4. The molecular formula is C15H21N3O2. The number of ether oxygens (including phenoxy) is 1. The van der Waals surface area contributed by atoms with Crippen LogP contribution in [-0.4, -0.2) is 41.5 Å². The maximum Gasteiger partial charge on any atom is 0.240 e. The summed E-state index contributed by atoms with van der Waals surface area (Å²) in [6, 6.07) is 4.42. The van der Waals surface area contributed by atoms with Crippen molar-refractivity contribution in [1.29, 1.82) is 0 Å². The smallest absolute Gasteiger partial charge is 0.240 e. The van der Waals surface area contributed by atoms with Crippen LogP contribution in [0.5, 0.6) is 5.88 Å². The van der Waals surface area contributed by atoms with Crippen LogP contribution in [0.3, 0.4) is 0 Å². The van der Waals surface area contributed by atoms with E-state index < -0.39 is 0 Å². The molecule has 0 bridgehead atoms. The third kappa shape index (κ3) is 3.10. The van der Waals surface area contributed by atoms with Gasteiger partial charge in [0, 0.05) is 31.4 Å². The largest absolute Gasteiger partial charge is 0.481 e. The summed E-state index contributed by atoms with van der Waals surface area (Å²) >= 11 is 0. The highest BCUT2D eigenvalue weighted by Gasteiger charge is 2.33. The molecule has 1 aromatic heterocycles. The highest BCUT2D eigenvalue weighted by molar-refractivity contribution is 5.82. The lowest BCUT2D eigenvalue weighted by atomic mass is 10.0. The molecule has 5 heteroatoms. The maximum atomic E-state index is 12.5. The lowest BCUT2D eigenvalue weighted by Crippen LogP contribution is -2.50. The van der Waals surface area contributed by atoms with Gasteiger partial charge in [-0.15, -0.1) is 0 Å². The molecule has 1 aromatic rings. The topological polar surface area (TPSA) is 54.5 Å². The number of hydrogen-bond donors (Lipinski definition) is 1. The van der Waals surface area contributed by atoms with Crippen LogP contribution in [-0.2, 0) is 11.3 Å². The van der Waals surface area contributed by atoms with Gasteiger partial charge in [0.2, 0.25) is 11.8 Å². The molecule has 0 aromatic carbocycles. The predicted octanol–water partition coefficient (Wildman–Crippen LogP) is 1.33. The number of piperidine rings is 1. The lowest BCUT2D eigenvalue weighted by molar-refractivity contribution is -0.136. The normalized spacial score (nSPS) is 22.9. The van der Waals surface area contributed by atoms with Gasteiger partial charge in [-0.1, -0.05) is 0 Å². The van der Waals surface area contributed by atoms with Crippen molar-refractivity contribution in [3.63, 3.8) is 0 Å². The van der Waals surface area contributed by atoms with Crippen molar-refractivity contribution in [2.24, 2.45) is 0 Å². The van der Waals surface area contributed by atoms with E-state index in [-0.39, 0.29) is 11.9 Å². The highest BCUT2D eigenvalue weighted by atomic mass is 16.5. The summed E-state index contributed by atoms with van der Waals surface area (Å²) in [5.74, 6) is 0.832. The number of rotatable bonds is 5. The van der Waals surface area contributed by atoms with E-state index >= 15 is 0 Å². The van der Waals surface area contributed by atoms with E-state index in [1.165, 1.54) is 12.8 Å². The van der Waals surface area contributed by atoms with Gasteiger partial charge >= 0.3 is 0 Å². The molecule has 1 aliphatic carbocycles. The average molecular weight is 275 g/mol. The minimum Gasteiger partial charge on any atom is -0.481 e. The zero-order chi connectivity index (χ0) is 13.9. The fraction of sp³-hybridized carbons (Fsp3) is 0.600. The molecule has 1 amide bonds. The van der Waals surface area contributed by atoms with Crippen LogP contribution in [0.25, 0.3) is 0 Å². The quantitative estimate of drug-likeness (QED) is 0.881. The number of carbonyl (C=O) groups excluding carboxylic acids is 1. The molecule has 3 rings (SSSR count). The number of likely N-dealkylation sites (tertiary alicyclic amines) is 1. The Kier molecular flexibility index (Phi) is 3.87. The molecule has 5 nitrogen and oxygen atoms in total. The van der Waals surface area contributed by atoms with Gasteiger partial charge < -0.3 is 15.0 Å².